The molecule has 0 atom stereocenters. The van der Waals surface area contributed by atoms with Gasteiger partial charge in [0.25, 0.3) is 0 Å². The fourth-order valence-electron chi connectivity index (χ4n) is 2.46. The highest BCUT2D eigenvalue weighted by Crippen LogP contribution is 2.46. The van der Waals surface area contributed by atoms with Gasteiger partial charge in [-0.05, 0) is 50.6 Å². The van der Waals surface area contributed by atoms with Gasteiger partial charge in [0.1, 0.15) is 0 Å². The number of hydrogen-bond donors (Lipinski definition) is 1. The fraction of sp³-hybridized carbons (Fsp3) is 0.750. The second-order valence-corrected chi connectivity index (χ2v) is 4.98. The Kier molecular flexibility index (Phi) is 2.83. The van der Waals surface area contributed by atoms with Gasteiger partial charge < -0.3 is 5.73 Å². The molecule has 84 valence electrons. The summed E-state index contributed by atoms with van der Waals surface area (Å²) >= 11 is 0. The number of nitrogens with zero attached hydrogens (tertiary/aromatic N) is 2. The summed E-state index contributed by atoms with van der Waals surface area (Å²) in [4.78, 5) is 0. The van der Waals surface area contributed by atoms with E-state index in [4.69, 9.17) is 5.73 Å². The smallest absolute Gasteiger partial charge is 0.0527 e. The van der Waals surface area contributed by atoms with E-state index in [0.29, 0.717) is 11.5 Å². The van der Waals surface area contributed by atoms with Crippen LogP contribution in [0.5, 0.6) is 0 Å². The van der Waals surface area contributed by atoms with E-state index in [9.17, 15) is 0 Å². The number of rotatable bonds is 4. The molecule has 2 N–H and O–H groups in total. The lowest BCUT2D eigenvalue weighted by molar-refractivity contribution is 0.229. The quantitative estimate of drug-likeness (QED) is 0.822. The van der Waals surface area contributed by atoms with Crippen molar-refractivity contribution in [2.24, 2.45) is 5.73 Å². The third-order valence-corrected chi connectivity index (χ3v) is 3.68. The Morgan fingerprint density at radius 1 is 1.53 bits per heavy atom. The van der Waals surface area contributed by atoms with Gasteiger partial charge in [-0.15, -0.1) is 0 Å². The van der Waals surface area contributed by atoms with E-state index in [1.165, 1.54) is 24.8 Å². The summed E-state index contributed by atoms with van der Waals surface area (Å²) < 4.78 is 2.05. The van der Waals surface area contributed by atoms with Crippen LogP contribution in [-0.4, -0.2) is 16.3 Å². The van der Waals surface area contributed by atoms with E-state index in [2.05, 4.69) is 25.1 Å². The molecule has 2 rings (SSSR count). The first kappa shape index (κ1) is 10.7. The lowest BCUT2D eigenvalue weighted by atomic mass is 9.63. The molecule has 0 bridgehead atoms. The minimum Gasteiger partial charge on any atom is -0.330 e. The van der Waals surface area contributed by atoms with E-state index in [1.54, 1.807) is 0 Å². The predicted octanol–water partition coefficient (Wildman–Crippen LogP) is 2.23. The summed E-state index contributed by atoms with van der Waals surface area (Å²) in [5.74, 6) is 0. The van der Waals surface area contributed by atoms with E-state index in [1.807, 2.05) is 10.9 Å². The zero-order valence-electron chi connectivity index (χ0n) is 9.74. The van der Waals surface area contributed by atoms with Crippen molar-refractivity contribution in [3.63, 3.8) is 0 Å². The fourth-order valence-corrected chi connectivity index (χ4v) is 2.46. The minimum absolute atomic E-state index is 0.363. The van der Waals surface area contributed by atoms with Crippen LogP contribution in [0.1, 0.15) is 51.1 Å². The van der Waals surface area contributed by atoms with E-state index in [0.717, 1.165) is 13.0 Å². The van der Waals surface area contributed by atoms with Crippen molar-refractivity contribution in [2.45, 2.75) is 51.0 Å². The first-order chi connectivity index (χ1) is 7.18. The van der Waals surface area contributed by atoms with Crippen molar-refractivity contribution >= 4 is 0 Å². The van der Waals surface area contributed by atoms with Gasteiger partial charge in [-0.3, -0.25) is 4.68 Å². The molecule has 0 aliphatic heterocycles. The Labute approximate surface area is 91.7 Å². The Morgan fingerprint density at radius 2 is 2.27 bits per heavy atom. The summed E-state index contributed by atoms with van der Waals surface area (Å²) in [5, 5.41) is 4.42. The lowest BCUT2D eigenvalue weighted by Gasteiger charge is -2.41. The number of hydrogen-bond acceptors (Lipinski definition) is 2. The average molecular weight is 207 g/mol. The van der Waals surface area contributed by atoms with Crippen molar-refractivity contribution < 1.29 is 0 Å². The lowest BCUT2D eigenvalue weighted by Crippen LogP contribution is -2.36. The summed E-state index contributed by atoms with van der Waals surface area (Å²) in [5.41, 5.74) is 7.46. The van der Waals surface area contributed by atoms with Gasteiger partial charge >= 0.3 is 0 Å². The Morgan fingerprint density at radius 3 is 2.67 bits per heavy atom. The molecule has 3 nitrogen and oxygen atoms in total. The first-order valence-corrected chi connectivity index (χ1v) is 5.93. The van der Waals surface area contributed by atoms with Gasteiger partial charge in [-0.1, -0.05) is 6.42 Å². The number of aromatic nitrogens is 2. The summed E-state index contributed by atoms with van der Waals surface area (Å²) in [6.07, 6.45) is 9.26. The third-order valence-electron chi connectivity index (χ3n) is 3.68. The molecular weight excluding hydrogens is 186 g/mol. The highest BCUT2D eigenvalue weighted by molar-refractivity contribution is 5.23. The van der Waals surface area contributed by atoms with Crippen molar-refractivity contribution in [3.8, 4) is 0 Å². The summed E-state index contributed by atoms with van der Waals surface area (Å²) in [6.45, 7) is 5.10. The topological polar surface area (TPSA) is 43.8 Å². The van der Waals surface area contributed by atoms with Crippen LogP contribution in [-0.2, 0) is 5.41 Å². The van der Waals surface area contributed by atoms with Gasteiger partial charge in [-0.25, -0.2) is 0 Å². The van der Waals surface area contributed by atoms with Crippen LogP contribution in [0.2, 0.25) is 0 Å². The normalized spacial score (nSPS) is 19.2. The highest BCUT2D eigenvalue weighted by atomic mass is 15.3. The second kappa shape index (κ2) is 3.97. The molecule has 1 aliphatic carbocycles. The molecule has 0 saturated heterocycles. The molecule has 1 saturated carbocycles. The van der Waals surface area contributed by atoms with Crippen LogP contribution in [0.15, 0.2) is 12.4 Å². The van der Waals surface area contributed by atoms with Crippen molar-refractivity contribution in [1.29, 1.82) is 0 Å². The van der Waals surface area contributed by atoms with Crippen LogP contribution < -0.4 is 5.73 Å². The van der Waals surface area contributed by atoms with Crippen molar-refractivity contribution in [1.82, 2.24) is 9.78 Å². The van der Waals surface area contributed by atoms with E-state index >= 15 is 0 Å². The van der Waals surface area contributed by atoms with Crippen LogP contribution in [0, 0.1) is 0 Å². The zero-order chi connectivity index (χ0) is 10.9. The first-order valence-electron chi connectivity index (χ1n) is 5.93. The maximum Gasteiger partial charge on any atom is 0.0527 e. The van der Waals surface area contributed by atoms with Crippen LogP contribution >= 0.6 is 0 Å². The van der Waals surface area contributed by atoms with Crippen molar-refractivity contribution in [2.75, 3.05) is 6.54 Å². The largest absolute Gasteiger partial charge is 0.330 e. The second-order valence-electron chi connectivity index (χ2n) is 4.98. The molecule has 1 aliphatic rings. The van der Waals surface area contributed by atoms with Crippen LogP contribution in [0.3, 0.4) is 0 Å². The molecule has 0 amide bonds. The molecule has 0 spiro atoms. The molecule has 1 fully saturated rings. The molecule has 1 heterocycles. The number of nitrogens with two attached hydrogens (primary N) is 1. The zero-order valence-corrected chi connectivity index (χ0v) is 9.74. The Hall–Kier alpha value is -0.830. The van der Waals surface area contributed by atoms with Gasteiger partial charge in [0.2, 0.25) is 0 Å². The minimum atomic E-state index is 0.363. The van der Waals surface area contributed by atoms with E-state index < -0.39 is 0 Å². The monoisotopic (exact) mass is 207 g/mol. The average Bonchev–Trinajstić information content (AvgIpc) is 2.60. The maximum absolute atomic E-state index is 5.70. The van der Waals surface area contributed by atoms with Gasteiger partial charge in [-0.2, -0.15) is 5.10 Å². The summed E-state index contributed by atoms with van der Waals surface area (Å²) in [6, 6.07) is 0.453. The molecule has 1 aromatic heterocycles. The van der Waals surface area contributed by atoms with Crippen LogP contribution in [0.25, 0.3) is 0 Å². The Bertz CT molecular complexity index is 323. The van der Waals surface area contributed by atoms with Gasteiger partial charge in [0.15, 0.2) is 0 Å². The molecule has 15 heavy (non-hydrogen) atoms. The third kappa shape index (κ3) is 1.81. The SMILES string of the molecule is CC(C)n1cc(C2(CCN)CCC2)cn1. The molecular formula is C12H21N3. The maximum atomic E-state index is 5.70. The van der Waals surface area contributed by atoms with Crippen LogP contribution in [0.4, 0.5) is 0 Å². The molecule has 0 radical (unpaired) electrons. The van der Waals surface area contributed by atoms with E-state index in [-0.39, 0.29) is 0 Å². The predicted molar refractivity (Wildman–Crippen MR) is 61.8 cm³/mol. The molecule has 3 heteroatoms. The van der Waals surface area contributed by atoms with Gasteiger partial charge in [0, 0.05) is 12.2 Å². The molecule has 1 aromatic rings. The Balaban J connectivity index is 2.19. The molecule has 0 aromatic carbocycles. The molecule has 0 unspecified atom stereocenters. The highest BCUT2D eigenvalue weighted by Gasteiger charge is 2.38. The standard InChI is InChI=1S/C12H21N3/c1-10(2)15-9-11(8-14-15)12(6-7-13)4-3-5-12/h8-10H,3-7,13H2,1-2H3. The van der Waals surface area contributed by atoms with Crippen molar-refractivity contribution in [3.05, 3.63) is 18.0 Å². The summed E-state index contributed by atoms with van der Waals surface area (Å²) in [7, 11) is 0. The van der Waals surface area contributed by atoms with Gasteiger partial charge in [0.05, 0.1) is 6.20 Å².